The van der Waals surface area contributed by atoms with E-state index in [-0.39, 0.29) is 11.3 Å². The molecule has 0 amide bonds. The van der Waals surface area contributed by atoms with Gasteiger partial charge in [0.25, 0.3) is 0 Å². The number of hydrogen-bond acceptors (Lipinski definition) is 7. The highest BCUT2D eigenvalue weighted by Crippen LogP contribution is 2.28. The normalized spacial score (nSPS) is 15.7. The number of nitrogens with zero attached hydrogens (tertiary/aromatic N) is 4. The van der Waals surface area contributed by atoms with E-state index in [1.807, 2.05) is 19.2 Å². The number of halogens is 2. The maximum absolute atomic E-state index is 13.8. The average molecular weight is 515 g/mol. The van der Waals surface area contributed by atoms with E-state index < -0.39 is 27.4 Å². The number of likely N-dealkylation sites (tertiary alicyclic amines) is 1. The zero-order valence-electron chi connectivity index (χ0n) is 20.2. The number of pyridine rings is 2. The van der Waals surface area contributed by atoms with Crippen LogP contribution in [-0.4, -0.2) is 54.3 Å². The Morgan fingerprint density at radius 1 is 1.06 bits per heavy atom. The lowest BCUT2D eigenvalue weighted by atomic mass is 9.90. The summed E-state index contributed by atoms with van der Waals surface area (Å²) in [5.74, 6) is -2.19. The van der Waals surface area contributed by atoms with E-state index in [9.17, 15) is 17.2 Å². The highest BCUT2D eigenvalue weighted by atomic mass is 32.2. The number of sulfone groups is 1. The van der Waals surface area contributed by atoms with E-state index in [1.165, 1.54) is 11.6 Å². The Bertz CT molecular complexity index is 1320. The topological polar surface area (TPSA) is 84.8 Å². The van der Waals surface area contributed by atoms with Gasteiger partial charge in [-0.25, -0.2) is 17.2 Å². The predicted octanol–water partition coefficient (Wildman–Crippen LogP) is 4.21. The van der Waals surface area contributed by atoms with Gasteiger partial charge in [-0.1, -0.05) is 17.3 Å². The van der Waals surface area contributed by atoms with Crippen molar-refractivity contribution in [2.75, 3.05) is 25.3 Å². The third-order valence-electron chi connectivity index (χ3n) is 6.08. The maximum atomic E-state index is 13.8. The van der Waals surface area contributed by atoms with Crippen LogP contribution in [0.15, 0.2) is 60.0 Å². The molecule has 1 aliphatic heterocycles. The molecule has 0 saturated carbocycles. The molecule has 4 rings (SSSR count). The maximum Gasteiger partial charge on any atom is 0.217 e. The van der Waals surface area contributed by atoms with Crippen LogP contribution in [0.5, 0.6) is 0 Å². The minimum Gasteiger partial charge on any atom is -0.379 e. The number of hydrogen-bond donors (Lipinski definition) is 0. The standard InChI is InChI=1S/C26H28F2N4O3S/c1-18-3-5-22(15-29-18)20-9-11-32(12-10-20)16-19-4-8-25(30-14-19)26(31-35-17-36(2,33)34)21-6-7-23(27)24(28)13-21/h3-8,13-15,20H,9-12,16-17H2,1-2H3/b31-26+. The van der Waals surface area contributed by atoms with Gasteiger partial charge in [0.2, 0.25) is 5.94 Å². The molecule has 190 valence electrons. The first-order valence-corrected chi connectivity index (χ1v) is 13.7. The van der Waals surface area contributed by atoms with Crippen molar-refractivity contribution in [3.05, 3.63) is 94.6 Å². The molecule has 1 aromatic carbocycles. The first kappa shape index (κ1) is 25.8. The van der Waals surface area contributed by atoms with Crippen LogP contribution in [-0.2, 0) is 21.2 Å². The largest absolute Gasteiger partial charge is 0.379 e. The van der Waals surface area contributed by atoms with Gasteiger partial charge in [-0.05, 0) is 80.2 Å². The van der Waals surface area contributed by atoms with E-state index in [0.717, 1.165) is 62.1 Å². The summed E-state index contributed by atoms with van der Waals surface area (Å²) in [7, 11) is -3.44. The second kappa shape index (κ2) is 11.2. The summed E-state index contributed by atoms with van der Waals surface area (Å²) in [6.07, 6.45) is 6.80. The van der Waals surface area contributed by atoms with Gasteiger partial charge in [0, 0.05) is 36.5 Å². The van der Waals surface area contributed by atoms with E-state index in [4.69, 9.17) is 4.84 Å². The fraction of sp³-hybridized carbons (Fsp3) is 0.346. The fourth-order valence-corrected chi connectivity index (χ4v) is 4.38. The molecule has 7 nitrogen and oxygen atoms in total. The van der Waals surface area contributed by atoms with Crippen molar-refractivity contribution in [2.45, 2.75) is 32.2 Å². The quantitative estimate of drug-likeness (QED) is 0.331. The Labute approximate surface area is 209 Å². The molecule has 0 N–H and O–H groups in total. The summed E-state index contributed by atoms with van der Waals surface area (Å²) in [5.41, 5.74) is 3.98. The molecule has 0 atom stereocenters. The van der Waals surface area contributed by atoms with Gasteiger partial charge < -0.3 is 4.84 Å². The van der Waals surface area contributed by atoms with Gasteiger partial charge >= 0.3 is 0 Å². The van der Waals surface area contributed by atoms with Crippen molar-refractivity contribution in [1.29, 1.82) is 0 Å². The molecule has 0 spiro atoms. The first-order chi connectivity index (χ1) is 17.2. The van der Waals surface area contributed by atoms with Crippen LogP contribution in [0.2, 0.25) is 0 Å². The number of aryl methyl sites for hydroxylation is 1. The number of rotatable bonds is 8. The zero-order chi connectivity index (χ0) is 25.7. The smallest absolute Gasteiger partial charge is 0.217 e. The van der Waals surface area contributed by atoms with Crippen LogP contribution in [0.25, 0.3) is 0 Å². The SMILES string of the molecule is Cc1ccc(C2CCN(Cc3ccc(/C(=N/OCS(C)(=O)=O)c4ccc(F)c(F)c4)nc3)CC2)cn1. The molecule has 0 bridgehead atoms. The number of benzene rings is 1. The highest BCUT2D eigenvalue weighted by molar-refractivity contribution is 7.90. The van der Waals surface area contributed by atoms with Gasteiger partial charge in [0.15, 0.2) is 21.5 Å². The van der Waals surface area contributed by atoms with Crippen molar-refractivity contribution in [1.82, 2.24) is 14.9 Å². The number of piperidine rings is 1. The lowest BCUT2D eigenvalue weighted by molar-refractivity contribution is 0.190. The van der Waals surface area contributed by atoms with Crippen LogP contribution in [0.4, 0.5) is 8.78 Å². The van der Waals surface area contributed by atoms with Gasteiger partial charge in [0.05, 0.1) is 5.69 Å². The molecule has 10 heteroatoms. The molecule has 0 unspecified atom stereocenters. The molecule has 3 aromatic rings. The molecule has 0 aliphatic carbocycles. The van der Waals surface area contributed by atoms with Gasteiger partial charge in [0.1, 0.15) is 5.71 Å². The van der Waals surface area contributed by atoms with Gasteiger partial charge in [-0.15, -0.1) is 0 Å². The van der Waals surface area contributed by atoms with E-state index in [2.05, 4.69) is 32.2 Å². The second-order valence-corrected chi connectivity index (χ2v) is 11.2. The van der Waals surface area contributed by atoms with Crippen LogP contribution in [0.3, 0.4) is 0 Å². The molecular weight excluding hydrogens is 486 g/mol. The van der Waals surface area contributed by atoms with Gasteiger partial charge in [-0.2, -0.15) is 0 Å². The Hall–Kier alpha value is -3.24. The number of aromatic nitrogens is 2. The van der Waals surface area contributed by atoms with E-state index in [0.29, 0.717) is 11.6 Å². The molecule has 0 radical (unpaired) electrons. The minimum absolute atomic E-state index is 0.108. The van der Waals surface area contributed by atoms with Crippen molar-refractivity contribution in [3.8, 4) is 0 Å². The van der Waals surface area contributed by atoms with Crippen LogP contribution in [0.1, 0.15) is 46.8 Å². The summed E-state index contributed by atoms with van der Waals surface area (Å²) < 4.78 is 50.1. The minimum atomic E-state index is -3.44. The molecule has 1 aliphatic rings. The zero-order valence-corrected chi connectivity index (χ0v) is 21.0. The third-order valence-corrected chi connectivity index (χ3v) is 6.62. The summed E-state index contributed by atoms with van der Waals surface area (Å²) in [5, 5.41) is 3.88. The van der Waals surface area contributed by atoms with Crippen LogP contribution >= 0.6 is 0 Å². The van der Waals surface area contributed by atoms with E-state index >= 15 is 0 Å². The molecule has 2 aromatic heterocycles. The first-order valence-electron chi connectivity index (χ1n) is 11.6. The van der Waals surface area contributed by atoms with E-state index in [1.54, 1.807) is 12.3 Å². The highest BCUT2D eigenvalue weighted by Gasteiger charge is 2.21. The lowest BCUT2D eigenvalue weighted by Gasteiger charge is -2.32. The Morgan fingerprint density at radius 2 is 1.83 bits per heavy atom. The van der Waals surface area contributed by atoms with Crippen LogP contribution < -0.4 is 0 Å². The number of oxime groups is 1. The monoisotopic (exact) mass is 514 g/mol. The van der Waals surface area contributed by atoms with Crippen molar-refractivity contribution in [2.24, 2.45) is 5.16 Å². The predicted molar refractivity (Wildman–Crippen MR) is 133 cm³/mol. The Kier molecular flexibility index (Phi) is 8.05. The molecule has 3 heterocycles. The van der Waals surface area contributed by atoms with Crippen molar-refractivity contribution in [3.63, 3.8) is 0 Å². The molecule has 36 heavy (non-hydrogen) atoms. The Morgan fingerprint density at radius 3 is 2.44 bits per heavy atom. The lowest BCUT2D eigenvalue weighted by Crippen LogP contribution is -2.32. The molecule has 1 saturated heterocycles. The van der Waals surface area contributed by atoms with Crippen molar-refractivity contribution < 1.29 is 22.0 Å². The average Bonchev–Trinajstić information content (AvgIpc) is 2.85. The summed E-state index contributed by atoms with van der Waals surface area (Å²) in [6, 6.07) is 11.1. The third kappa shape index (κ3) is 6.92. The molecular formula is C26H28F2N4O3S. The van der Waals surface area contributed by atoms with Gasteiger partial charge in [-0.3, -0.25) is 14.9 Å². The summed E-state index contributed by atoms with van der Waals surface area (Å²) >= 11 is 0. The summed E-state index contributed by atoms with van der Waals surface area (Å²) in [4.78, 5) is 16.2. The second-order valence-electron chi connectivity index (χ2n) is 9.08. The fourth-order valence-electron chi connectivity index (χ4n) is 4.14. The van der Waals surface area contributed by atoms with Crippen molar-refractivity contribution >= 4 is 15.5 Å². The Balaban J connectivity index is 1.44. The van der Waals surface area contributed by atoms with Crippen LogP contribution in [0, 0.1) is 18.6 Å². The summed E-state index contributed by atoms with van der Waals surface area (Å²) in [6.45, 7) is 4.64. The molecule has 1 fully saturated rings.